The summed E-state index contributed by atoms with van der Waals surface area (Å²) in [6.45, 7) is 19.3. The minimum Gasteiger partial charge on any atom is -0.481 e. The van der Waals surface area contributed by atoms with Gasteiger partial charge in [0.15, 0.2) is 0 Å². The molecule has 5 rings (SSSR count). The van der Waals surface area contributed by atoms with Crippen molar-refractivity contribution in [3.8, 4) is 0 Å². The Balaban J connectivity index is 1.56. The van der Waals surface area contributed by atoms with E-state index in [1.807, 2.05) is 0 Å². The summed E-state index contributed by atoms with van der Waals surface area (Å²) in [5.41, 5.74) is 1.40. The highest BCUT2D eigenvalue weighted by Crippen LogP contribution is 2.77. The third kappa shape index (κ3) is 2.77. The third-order valence-corrected chi connectivity index (χ3v) is 14.1. The molecular weight excluding hydrogens is 420 g/mol. The van der Waals surface area contributed by atoms with Gasteiger partial charge in [-0.05, 0) is 128 Å². The number of fused-ring (bicyclic) bond motifs is 7. The van der Waals surface area contributed by atoms with E-state index >= 15 is 0 Å². The van der Waals surface area contributed by atoms with Gasteiger partial charge < -0.3 is 10.2 Å². The van der Waals surface area contributed by atoms with Gasteiger partial charge in [-0.1, -0.05) is 46.8 Å². The van der Waals surface area contributed by atoms with Crippen LogP contribution in [0.25, 0.3) is 0 Å². The quantitative estimate of drug-likeness (QED) is 0.424. The van der Waals surface area contributed by atoms with Crippen molar-refractivity contribution in [3.05, 3.63) is 12.2 Å². The highest BCUT2D eigenvalue weighted by atomic mass is 16.4. The molecular formula is C31H50O3. The second-order valence-corrected chi connectivity index (χ2v) is 14.8. The van der Waals surface area contributed by atoms with Crippen LogP contribution >= 0.6 is 0 Å². The molecule has 5 saturated carbocycles. The number of hydrogen-bond donors (Lipinski definition) is 2. The monoisotopic (exact) mass is 470 g/mol. The van der Waals surface area contributed by atoms with E-state index in [1.54, 1.807) is 0 Å². The number of carboxylic acids is 1. The van der Waals surface area contributed by atoms with Crippen molar-refractivity contribution in [1.82, 2.24) is 0 Å². The molecule has 5 aliphatic rings. The lowest BCUT2D eigenvalue weighted by atomic mass is 9.32. The molecule has 192 valence electrons. The van der Waals surface area contributed by atoms with Crippen LogP contribution in [0, 0.1) is 62.6 Å². The van der Waals surface area contributed by atoms with Crippen LogP contribution in [0.1, 0.15) is 106 Å². The molecule has 0 amide bonds. The minimum atomic E-state index is -0.536. The summed E-state index contributed by atoms with van der Waals surface area (Å²) in [5.74, 6) is 2.39. The highest BCUT2D eigenvalue weighted by molar-refractivity contribution is 5.76. The van der Waals surface area contributed by atoms with Gasteiger partial charge in [0.05, 0.1) is 5.41 Å². The summed E-state index contributed by atoms with van der Waals surface area (Å²) in [6, 6.07) is 0. The van der Waals surface area contributed by atoms with E-state index in [9.17, 15) is 15.0 Å². The number of rotatable bonds is 3. The van der Waals surface area contributed by atoms with E-state index in [0.29, 0.717) is 36.2 Å². The van der Waals surface area contributed by atoms with E-state index in [-0.39, 0.29) is 27.6 Å². The zero-order chi connectivity index (χ0) is 24.9. The van der Waals surface area contributed by atoms with Gasteiger partial charge in [0.25, 0.3) is 0 Å². The lowest BCUT2D eigenvalue weighted by molar-refractivity contribution is -0.247. The lowest BCUT2D eigenvalue weighted by Gasteiger charge is -2.73. The first-order valence-electron chi connectivity index (χ1n) is 14.3. The Kier molecular flexibility index (Phi) is 5.55. The Morgan fingerprint density at radius 1 is 0.882 bits per heavy atom. The third-order valence-electron chi connectivity index (χ3n) is 14.1. The SMILES string of the molecule is C=C(C)C1CCC2(C(=O)O)CCC3(C)C(CCC4C5(C)CCC(C)C(C)(CO)C5CCC43C)C12. The van der Waals surface area contributed by atoms with E-state index in [2.05, 4.69) is 48.1 Å². The predicted octanol–water partition coefficient (Wildman–Crippen LogP) is 7.34. The minimum absolute atomic E-state index is 0.0214. The summed E-state index contributed by atoms with van der Waals surface area (Å²) in [6.07, 6.45) is 11.1. The second-order valence-electron chi connectivity index (χ2n) is 14.8. The number of aliphatic hydroxyl groups is 1. The Morgan fingerprint density at radius 2 is 1.59 bits per heavy atom. The lowest BCUT2D eigenvalue weighted by Crippen LogP contribution is -2.67. The van der Waals surface area contributed by atoms with E-state index in [1.165, 1.54) is 44.1 Å². The van der Waals surface area contributed by atoms with Gasteiger partial charge in [-0.3, -0.25) is 4.79 Å². The first-order chi connectivity index (χ1) is 15.8. The smallest absolute Gasteiger partial charge is 0.309 e. The molecule has 34 heavy (non-hydrogen) atoms. The maximum absolute atomic E-state index is 12.8. The molecule has 0 aromatic heterocycles. The van der Waals surface area contributed by atoms with E-state index < -0.39 is 11.4 Å². The predicted molar refractivity (Wildman–Crippen MR) is 137 cm³/mol. The summed E-state index contributed by atoms with van der Waals surface area (Å²) >= 11 is 0. The van der Waals surface area contributed by atoms with Gasteiger partial charge >= 0.3 is 5.97 Å². The molecule has 0 bridgehead atoms. The normalized spacial score (nSPS) is 56.6. The zero-order valence-corrected chi connectivity index (χ0v) is 22.8. The van der Waals surface area contributed by atoms with Crippen molar-refractivity contribution in [2.24, 2.45) is 62.6 Å². The number of carbonyl (C=O) groups is 1. The summed E-state index contributed by atoms with van der Waals surface area (Å²) in [5, 5.41) is 21.1. The molecule has 0 spiro atoms. The van der Waals surface area contributed by atoms with Crippen LogP contribution in [0.15, 0.2) is 12.2 Å². The zero-order valence-electron chi connectivity index (χ0n) is 22.8. The van der Waals surface area contributed by atoms with Crippen LogP contribution in [0.2, 0.25) is 0 Å². The molecule has 0 radical (unpaired) electrons. The first kappa shape index (κ1) is 24.8. The summed E-state index contributed by atoms with van der Waals surface area (Å²) in [4.78, 5) is 12.8. The fraction of sp³-hybridized carbons (Fsp3) is 0.903. The topological polar surface area (TPSA) is 57.5 Å². The molecule has 5 aliphatic carbocycles. The van der Waals surface area contributed by atoms with Gasteiger partial charge in [-0.15, -0.1) is 0 Å². The van der Waals surface area contributed by atoms with Crippen LogP contribution in [0.3, 0.4) is 0 Å². The van der Waals surface area contributed by atoms with Crippen LogP contribution in [-0.4, -0.2) is 22.8 Å². The van der Waals surface area contributed by atoms with Crippen LogP contribution in [0.4, 0.5) is 0 Å². The van der Waals surface area contributed by atoms with Crippen LogP contribution in [-0.2, 0) is 4.79 Å². The van der Waals surface area contributed by atoms with Gasteiger partial charge in [0.2, 0.25) is 0 Å². The van der Waals surface area contributed by atoms with Gasteiger partial charge in [-0.25, -0.2) is 0 Å². The van der Waals surface area contributed by atoms with Crippen molar-refractivity contribution in [3.63, 3.8) is 0 Å². The van der Waals surface area contributed by atoms with Crippen LogP contribution in [0.5, 0.6) is 0 Å². The molecule has 5 fully saturated rings. The largest absolute Gasteiger partial charge is 0.481 e. The van der Waals surface area contributed by atoms with E-state index in [0.717, 1.165) is 25.7 Å². The van der Waals surface area contributed by atoms with Crippen molar-refractivity contribution in [1.29, 1.82) is 0 Å². The van der Waals surface area contributed by atoms with Crippen molar-refractivity contribution in [2.45, 2.75) is 106 Å². The van der Waals surface area contributed by atoms with Crippen molar-refractivity contribution < 1.29 is 15.0 Å². The molecule has 11 unspecified atom stereocenters. The van der Waals surface area contributed by atoms with Gasteiger partial charge in [0, 0.05) is 6.61 Å². The number of allylic oxidation sites excluding steroid dienone is 1. The average Bonchev–Trinajstić information content (AvgIpc) is 3.18. The Morgan fingerprint density at radius 3 is 2.21 bits per heavy atom. The number of aliphatic carboxylic acids is 1. The first-order valence-corrected chi connectivity index (χ1v) is 14.3. The molecule has 0 aromatic rings. The molecule has 3 heteroatoms. The van der Waals surface area contributed by atoms with E-state index in [4.69, 9.17) is 0 Å². The molecule has 3 nitrogen and oxygen atoms in total. The van der Waals surface area contributed by atoms with Gasteiger partial charge in [-0.2, -0.15) is 0 Å². The number of carboxylic acid groups (broad SMARTS) is 1. The molecule has 0 saturated heterocycles. The summed E-state index contributed by atoms with van der Waals surface area (Å²) < 4.78 is 0. The fourth-order valence-corrected chi connectivity index (χ4v) is 11.8. The molecule has 11 atom stereocenters. The van der Waals surface area contributed by atoms with Crippen molar-refractivity contribution >= 4 is 5.97 Å². The Hall–Kier alpha value is -0.830. The number of aliphatic hydroxyl groups excluding tert-OH is 1. The second kappa shape index (κ2) is 7.59. The maximum Gasteiger partial charge on any atom is 0.309 e. The molecule has 0 aliphatic heterocycles. The Labute approximate surface area is 208 Å². The van der Waals surface area contributed by atoms with Crippen LogP contribution < -0.4 is 0 Å². The highest BCUT2D eigenvalue weighted by Gasteiger charge is 2.72. The average molecular weight is 471 g/mol. The molecule has 2 N–H and O–H groups in total. The standard InChI is InChI=1S/C31H50O3/c1-19(2)21-11-15-31(26(33)34)17-16-29(6)22(25(21)31)8-9-24-27(4)13-10-20(3)28(5,18-32)23(27)12-14-30(24,29)7/h20-25,32H,1,8-18H2,2-7H3,(H,33,34). The number of hydrogen-bond acceptors (Lipinski definition) is 2. The molecule has 0 heterocycles. The fourth-order valence-electron chi connectivity index (χ4n) is 11.8. The summed E-state index contributed by atoms with van der Waals surface area (Å²) in [7, 11) is 0. The van der Waals surface area contributed by atoms with Gasteiger partial charge in [0.1, 0.15) is 0 Å². The maximum atomic E-state index is 12.8. The Bertz CT molecular complexity index is 880. The molecule has 0 aromatic carbocycles. The van der Waals surface area contributed by atoms with Crippen molar-refractivity contribution in [2.75, 3.05) is 6.61 Å².